The molecule has 0 saturated heterocycles. The number of rotatable bonds is 5. The molecule has 0 unspecified atom stereocenters. The lowest BCUT2D eigenvalue weighted by atomic mass is 10.2. The van der Waals surface area contributed by atoms with Gasteiger partial charge >= 0.3 is 5.69 Å². The van der Waals surface area contributed by atoms with E-state index < -0.39 is 11.2 Å². The van der Waals surface area contributed by atoms with Gasteiger partial charge in [-0.25, -0.2) is 14.3 Å². The minimum Gasteiger partial charge on any atom is -0.320 e. The molecule has 0 fully saturated rings. The highest BCUT2D eigenvalue weighted by Gasteiger charge is 2.19. The van der Waals surface area contributed by atoms with Gasteiger partial charge in [-0.05, 0) is 35.9 Å². The first-order valence-electron chi connectivity index (χ1n) is 8.82. The van der Waals surface area contributed by atoms with Crippen LogP contribution in [-0.4, -0.2) is 18.7 Å². The summed E-state index contributed by atoms with van der Waals surface area (Å²) in [5, 5.41) is 1.13. The number of allylic oxidation sites excluding steroid dienone is 1. The second-order valence-corrected chi connectivity index (χ2v) is 7.28. The van der Waals surface area contributed by atoms with Crippen LogP contribution in [0.15, 0.2) is 77.1 Å². The van der Waals surface area contributed by atoms with Crippen LogP contribution >= 0.6 is 23.2 Å². The summed E-state index contributed by atoms with van der Waals surface area (Å²) in [7, 11) is 0. The van der Waals surface area contributed by atoms with Crippen LogP contribution in [0.3, 0.4) is 0 Å². The van der Waals surface area contributed by atoms with Crippen LogP contribution in [0.5, 0.6) is 0 Å². The van der Waals surface area contributed by atoms with Crippen LogP contribution in [-0.2, 0) is 13.1 Å². The molecule has 0 N–H and O–H groups in total. The van der Waals surface area contributed by atoms with E-state index in [9.17, 15) is 9.59 Å². The summed E-state index contributed by atoms with van der Waals surface area (Å²) in [6.45, 7) is 4.08. The van der Waals surface area contributed by atoms with Gasteiger partial charge in [0, 0.05) is 16.6 Å². The predicted octanol–water partition coefficient (Wildman–Crippen LogP) is 3.89. The van der Waals surface area contributed by atoms with E-state index in [1.807, 2.05) is 18.2 Å². The molecule has 146 valence electrons. The molecule has 4 rings (SSSR count). The SMILES string of the molecule is C=CCn1c(=O)c2c(ncn2Cc2ccccc2Cl)n(-c2ccc(Cl)cc2)c1=O. The second-order valence-electron chi connectivity index (χ2n) is 6.43. The topological polar surface area (TPSA) is 61.8 Å². The third-order valence-corrected chi connectivity index (χ3v) is 5.22. The smallest absolute Gasteiger partial charge is 0.320 e. The molecule has 6 nitrogen and oxygen atoms in total. The van der Waals surface area contributed by atoms with Crippen molar-refractivity contribution >= 4 is 34.4 Å². The number of aromatic nitrogens is 4. The Bertz CT molecular complexity index is 1330. The van der Waals surface area contributed by atoms with Gasteiger partial charge in [-0.3, -0.25) is 9.36 Å². The van der Waals surface area contributed by atoms with Gasteiger partial charge in [-0.2, -0.15) is 0 Å². The summed E-state index contributed by atoms with van der Waals surface area (Å²) in [5.74, 6) is 0. The van der Waals surface area contributed by atoms with Crippen LogP contribution in [0, 0.1) is 0 Å². The highest BCUT2D eigenvalue weighted by Crippen LogP contribution is 2.20. The third kappa shape index (κ3) is 3.41. The number of imidazole rings is 1. The van der Waals surface area contributed by atoms with E-state index in [0.29, 0.717) is 27.8 Å². The van der Waals surface area contributed by atoms with Crippen molar-refractivity contribution in [3.63, 3.8) is 0 Å². The Hall–Kier alpha value is -3.09. The second kappa shape index (κ2) is 7.73. The summed E-state index contributed by atoms with van der Waals surface area (Å²) in [4.78, 5) is 30.6. The fraction of sp³-hybridized carbons (Fsp3) is 0.0952. The molecule has 0 atom stereocenters. The fourth-order valence-electron chi connectivity index (χ4n) is 3.22. The number of halogens is 2. The quantitative estimate of drug-likeness (QED) is 0.454. The molecular weight excluding hydrogens is 411 g/mol. The van der Waals surface area contributed by atoms with Crippen LogP contribution in [0.2, 0.25) is 10.0 Å². The van der Waals surface area contributed by atoms with E-state index in [4.69, 9.17) is 23.2 Å². The molecule has 0 radical (unpaired) electrons. The first-order chi connectivity index (χ1) is 14.0. The van der Waals surface area contributed by atoms with Crippen molar-refractivity contribution in [3.8, 4) is 5.69 Å². The van der Waals surface area contributed by atoms with E-state index >= 15 is 0 Å². The molecule has 0 spiro atoms. The van der Waals surface area contributed by atoms with Crippen LogP contribution in [0.4, 0.5) is 0 Å². The molecule has 2 aromatic heterocycles. The molecule has 0 aliphatic carbocycles. The van der Waals surface area contributed by atoms with Crippen molar-refractivity contribution in [2.24, 2.45) is 0 Å². The van der Waals surface area contributed by atoms with Crippen LogP contribution in [0.1, 0.15) is 5.56 Å². The van der Waals surface area contributed by atoms with E-state index in [-0.39, 0.29) is 12.2 Å². The minimum absolute atomic E-state index is 0.0818. The minimum atomic E-state index is -0.493. The molecule has 2 heterocycles. The summed E-state index contributed by atoms with van der Waals surface area (Å²) >= 11 is 12.3. The van der Waals surface area contributed by atoms with Crippen molar-refractivity contribution in [1.82, 2.24) is 18.7 Å². The van der Waals surface area contributed by atoms with E-state index in [0.717, 1.165) is 10.1 Å². The maximum Gasteiger partial charge on any atom is 0.337 e. The molecule has 0 bridgehead atoms. The van der Waals surface area contributed by atoms with Gasteiger partial charge in [-0.1, -0.05) is 47.5 Å². The molecule has 0 amide bonds. The Balaban J connectivity index is 2.01. The van der Waals surface area contributed by atoms with Crippen LogP contribution < -0.4 is 11.2 Å². The summed E-state index contributed by atoms with van der Waals surface area (Å²) in [5.41, 5.74) is 1.06. The van der Waals surface area contributed by atoms with Gasteiger partial charge in [-0.15, -0.1) is 6.58 Å². The lowest BCUT2D eigenvalue weighted by molar-refractivity contribution is 0.690. The highest BCUT2D eigenvalue weighted by molar-refractivity contribution is 6.31. The number of benzene rings is 2. The number of hydrogen-bond donors (Lipinski definition) is 0. The van der Waals surface area contributed by atoms with Crippen molar-refractivity contribution in [2.45, 2.75) is 13.1 Å². The zero-order chi connectivity index (χ0) is 20.5. The number of fused-ring (bicyclic) bond motifs is 1. The molecule has 29 heavy (non-hydrogen) atoms. The van der Waals surface area contributed by atoms with Crippen molar-refractivity contribution in [2.75, 3.05) is 0 Å². The van der Waals surface area contributed by atoms with Gasteiger partial charge < -0.3 is 4.57 Å². The lowest BCUT2D eigenvalue weighted by Crippen LogP contribution is -2.39. The zero-order valence-electron chi connectivity index (χ0n) is 15.3. The third-order valence-electron chi connectivity index (χ3n) is 4.60. The average Bonchev–Trinajstić information content (AvgIpc) is 3.12. The van der Waals surface area contributed by atoms with E-state index in [2.05, 4.69) is 11.6 Å². The highest BCUT2D eigenvalue weighted by atomic mass is 35.5. The summed E-state index contributed by atoms with van der Waals surface area (Å²) in [6.07, 6.45) is 3.05. The Morgan fingerprint density at radius 1 is 1.03 bits per heavy atom. The Morgan fingerprint density at radius 3 is 2.45 bits per heavy atom. The molecule has 4 aromatic rings. The normalized spacial score (nSPS) is 11.1. The first kappa shape index (κ1) is 19.2. The Kier molecular flexibility index (Phi) is 5.13. The fourth-order valence-corrected chi connectivity index (χ4v) is 3.54. The maximum atomic E-state index is 13.1. The van der Waals surface area contributed by atoms with Crippen molar-refractivity contribution in [3.05, 3.63) is 104 Å². The molecule has 0 aliphatic rings. The first-order valence-corrected chi connectivity index (χ1v) is 9.58. The van der Waals surface area contributed by atoms with Crippen LogP contribution in [0.25, 0.3) is 16.9 Å². The monoisotopic (exact) mass is 426 g/mol. The van der Waals surface area contributed by atoms with E-state index in [1.165, 1.54) is 10.6 Å². The van der Waals surface area contributed by atoms with Crippen molar-refractivity contribution in [1.29, 1.82) is 0 Å². The average molecular weight is 427 g/mol. The van der Waals surface area contributed by atoms with Gasteiger partial charge in [0.2, 0.25) is 0 Å². The molecule has 8 heteroatoms. The largest absolute Gasteiger partial charge is 0.337 e. The maximum absolute atomic E-state index is 13.1. The van der Waals surface area contributed by atoms with Gasteiger partial charge in [0.15, 0.2) is 11.2 Å². The summed E-state index contributed by atoms with van der Waals surface area (Å²) in [6, 6.07) is 14.2. The summed E-state index contributed by atoms with van der Waals surface area (Å²) < 4.78 is 4.23. The molecule has 2 aromatic carbocycles. The lowest BCUT2D eigenvalue weighted by Gasteiger charge is -2.12. The standard InChI is InChI=1S/C21H16Cl2N4O2/c1-2-11-26-20(28)18-19(27(21(26)29)16-9-7-15(22)8-10-16)24-13-25(18)12-14-5-3-4-6-17(14)23/h2-10,13H,1,11-12H2. The molecule has 0 aliphatic heterocycles. The van der Waals surface area contributed by atoms with Crippen molar-refractivity contribution < 1.29 is 0 Å². The number of hydrogen-bond acceptors (Lipinski definition) is 3. The predicted molar refractivity (Wildman–Crippen MR) is 115 cm³/mol. The molecular formula is C21H16Cl2N4O2. The zero-order valence-corrected chi connectivity index (χ0v) is 16.8. The van der Waals surface area contributed by atoms with Gasteiger partial charge in [0.1, 0.15) is 0 Å². The van der Waals surface area contributed by atoms with Gasteiger partial charge in [0.05, 0.1) is 18.6 Å². The Morgan fingerprint density at radius 2 is 1.76 bits per heavy atom. The number of nitrogens with zero attached hydrogens (tertiary/aromatic N) is 4. The Labute approximate surface area is 175 Å². The van der Waals surface area contributed by atoms with Gasteiger partial charge in [0.25, 0.3) is 5.56 Å². The molecule has 0 saturated carbocycles. The van der Waals surface area contributed by atoms with E-state index in [1.54, 1.807) is 41.2 Å².